The molecule has 6 aromatic rings. The fraction of sp³-hybridized carbons (Fsp3) is 0.256. The second-order valence-electron chi connectivity index (χ2n) is 15.4. The molecule has 4 N–H and O–H groups in total. The second-order valence-corrected chi connectivity index (χ2v) is 19.4. The maximum Gasteiger partial charge on any atom is 0.338 e. The molecule has 2 aromatic carbocycles. The minimum atomic E-state index is -4.15. The van der Waals surface area contributed by atoms with Gasteiger partial charge in [-0.25, -0.2) is 55.7 Å². The number of sulfonamides is 2. The third-order valence-electron chi connectivity index (χ3n) is 9.90. The first-order valence-corrected chi connectivity index (χ1v) is 24.8. The molecular weight excluding hydrogens is 1060 g/mol. The molecule has 1 amide bonds. The lowest BCUT2D eigenvalue weighted by Gasteiger charge is -2.09. The number of ether oxygens (including phenoxy) is 2. The molecule has 4 heterocycles. The van der Waals surface area contributed by atoms with E-state index in [-0.39, 0.29) is 42.1 Å². The van der Waals surface area contributed by atoms with E-state index in [2.05, 4.69) is 38.9 Å². The Morgan fingerprint density at radius 1 is 0.836 bits per heavy atom. The lowest BCUT2D eigenvalue weighted by atomic mass is 10.2. The summed E-state index contributed by atoms with van der Waals surface area (Å²) in [5, 5.41) is 30.9. The van der Waals surface area contributed by atoms with Crippen molar-refractivity contribution in [1.29, 1.82) is 5.26 Å². The Kier molecular flexibility index (Phi) is 16.6. The molecule has 0 atom stereocenters. The van der Waals surface area contributed by atoms with E-state index >= 15 is 0 Å². The Balaban J connectivity index is 0.000000205. The van der Waals surface area contributed by atoms with Crippen LogP contribution in [-0.2, 0) is 20.0 Å². The Bertz CT molecular complexity index is 3080. The molecule has 350 valence electrons. The highest BCUT2D eigenvalue weighted by Gasteiger charge is 2.39. The number of hydrogen-bond donors (Lipinski definition) is 3. The summed E-state index contributed by atoms with van der Waals surface area (Å²) in [4.78, 5) is 35.0. The minimum Gasteiger partial charge on any atom is -0.478 e. The number of aromatic nitrogens is 6. The van der Waals surface area contributed by atoms with Gasteiger partial charge in [0.15, 0.2) is 17.3 Å². The van der Waals surface area contributed by atoms with Crippen molar-refractivity contribution in [2.45, 2.75) is 49.3 Å². The average molecular weight is 1100 g/mol. The fourth-order valence-corrected chi connectivity index (χ4v) is 7.27. The summed E-state index contributed by atoms with van der Waals surface area (Å²) in [7, 11) is -7.78. The van der Waals surface area contributed by atoms with Crippen LogP contribution in [0.4, 0.5) is 5.69 Å². The Morgan fingerprint density at radius 2 is 1.28 bits per heavy atom. The summed E-state index contributed by atoms with van der Waals surface area (Å²) in [6.45, 7) is 12.2. The highest BCUT2D eigenvalue weighted by Crippen LogP contribution is 2.45. The van der Waals surface area contributed by atoms with Crippen molar-refractivity contribution in [3.8, 4) is 29.5 Å². The molecular formula is C43H41Cl2IN10O9S2. The Hall–Kier alpha value is -6.15. The zero-order valence-electron chi connectivity index (χ0n) is 36.5. The van der Waals surface area contributed by atoms with Gasteiger partial charge in [-0.05, 0) is 79.1 Å². The van der Waals surface area contributed by atoms with Crippen LogP contribution in [0, 0.1) is 28.7 Å². The number of nitrogens with zero attached hydrogens (tertiary/aromatic N) is 8. The highest BCUT2D eigenvalue weighted by molar-refractivity contribution is 14.1. The van der Waals surface area contributed by atoms with Crippen molar-refractivity contribution >= 4 is 83.4 Å². The molecule has 0 unspecified atom stereocenters. The topological polar surface area (TPSA) is 269 Å². The number of nitriles is 1. The van der Waals surface area contributed by atoms with E-state index in [1.807, 2.05) is 33.4 Å². The molecule has 24 heteroatoms. The van der Waals surface area contributed by atoms with Gasteiger partial charge in [0, 0.05) is 36.7 Å². The van der Waals surface area contributed by atoms with Crippen molar-refractivity contribution in [2.75, 3.05) is 18.1 Å². The van der Waals surface area contributed by atoms with Gasteiger partial charge in [-0.3, -0.25) is 4.79 Å². The molecule has 2 saturated carbocycles. The third-order valence-corrected chi connectivity index (χ3v) is 12.8. The van der Waals surface area contributed by atoms with E-state index in [9.17, 15) is 26.4 Å². The molecule has 0 spiro atoms. The van der Waals surface area contributed by atoms with E-state index in [4.69, 9.17) is 56.1 Å². The SMILES string of the molecule is CC1(COc2ccn(-c3ccc(C(=O)NS(=O)(=O)c4ccc(C#N)cc4)c(Cl)n3)n2)CC1.CC1(COc2ccn(-c3ccc(C(=O)O)c(Cl)n3)n2)CC1.[2H]CI.[C-]#[N+]c1ccc(S(N)(=O)=O)cc1. The number of amides is 1. The van der Waals surface area contributed by atoms with Crippen LogP contribution < -0.4 is 19.3 Å². The predicted octanol–water partition coefficient (Wildman–Crippen LogP) is 7.82. The Morgan fingerprint density at radius 3 is 1.67 bits per heavy atom. The number of primary sulfonamides is 1. The molecule has 0 radical (unpaired) electrons. The van der Waals surface area contributed by atoms with Crippen LogP contribution in [0.1, 0.15) is 67.2 Å². The van der Waals surface area contributed by atoms with Crippen molar-refractivity contribution in [2.24, 2.45) is 16.0 Å². The van der Waals surface area contributed by atoms with E-state index in [1.54, 1.807) is 30.6 Å². The number of halogens is 3. The highest BCUT2D eigenvalue weighted by atomic mass is 127. The first-order chi connectivity index (χ1) is 32.1. The summed E-state index contributed by atoms with van der Waals surface area (Å²) in [5.74, 6) is -0.289. The lowest BCUT2D eigenvalue weighted by Crippen LogP contribution is -2.31. The van der Waals surface area contributed by atoms with Crippen LogP contribution in [0.3, 0.4) is 0 Å². The molecule has 2 aliphatic carbocycles. The Labute approximate surface area is 411 Å². The zero-order chi connectivity index (χ0) is 49.9. The van der Waals surface area contributed by atoms with E-state index in [0.29, 0.717) is 52.8 Å². The first kappa shape index (κ1) is 50.3. The number of pyridine rings is 2. The molecule has 8 rings (SSSR count). The molecule has 67 heavy (non-hydrogen) atoms. The van der Waals surface area contributed by atoms with Gasteiger partial charge >= 0.3 is 5.97 Å². The standard InChI is InChI=1S/C21H18ClN5O4S.C14H14ClN3O3.C7H6N2O2S.CH3I/c1-21(9-10-21)13-31-18-8-11-27(25-18)17-7-6-16(19(22)24-17)20(28)26-32(29,30)15-4-2-14(12-23)3-5-15;1-14(5-6-14)8-21-11-4-7-18(17-11)10-3-2-9(13(19)20)12(15)16-10;1-9-6-2-4-7(5-3-6)12(8,10)11;1-2/h2-8,11H,9-10,13H2,1H3,(H,26,28);2-4,7H,5-6,8H2,1H3,(H,19,20);2-5H,(H2,8,10,11);1H3/i;;;1D. The average Bonchev–Trinajstić information content (AvgIpc) is 4.07. The van der Waals surface area contributed by atoms with Gasteiger partial charge in [0.05, 0.1) is 52.3 Å². The van der Waals surface area contributed by atoms with Crippen LogP contribution in [0.2, 0.25) is 10.3 Å². The molecule has 19 nitrogen and oxygen atoms in total. The quantitative estimate of drug-likeness (QED) is 0.0431. The van der Waals surface area contributed by atoms with Crippen LogP contribution in [-0.4, -0.2) is 81.5 Å². The van der Waals surface area contributed by atoms with Gasteiger partial charge < -0.3 is 14.6 Å². The predicted molar refractivity (Wildman–Crippen MR) is 255 cm³/mol. The smallest absolute Gasteiger partial charge is 0.338 e. The number of nitrogens with one attached hydrogen (secondary N) is 1. The van der Waals surface area contributed by atoms with Crippen LogP contribution in [0.25, 0.3) is 16.5 Å². The first-order valence-electron chi connectivity index (χ1n) is 20.2. The van der Waals surface area contributed by atoms with Gasteiger partial charge in [0.1, 0.15) is 10.3 Å². The maximum absolute atomic E-state index is 12.5. The summed E-state index contributed by atoms with van der Waals surface area (Å²) < 4.78 is 68.8. The monoisotopic (exact) mass is 1100 g/mol. The number of nitrogens with two attached hydrogens (primary N) is 1. The number of carboxylic acids is 1. The van der Waals surface area contributed by atoms with Crippen LogP contribution in [0.15, 0.2) is 107 Å². The van der Waals surface area contributed by atoms with Gasteiger partial charge in [-0.15, -0.1) is 10.2 Å². The second kappa shape index (κ2) is 22.1. The zero-order valence-corrected chi connectivity index (χ0v) is 40.8. The van der Waals surface area contributed by atoms with Crippen molar-refractivity contribution < 1.29 is 42.4 Å². The number of rotatable bonds is 13. The van der Waals surface area contributed by atoms with Gasteiger partial charge in [0.25, 0.3) is 15.9 Å². The molecule has 0 saturated heterocycles. The van der Waals surface area contributed by atoms with Gasteiger partial charge in [0.2, 0.25) is 21.8 Å². The molecule has 0 aliphatic heterocycles. The summed E-state index contributed by atoms with van der Waals surface area (Å²) in [6, 6.07) is 21.7. The minimum absolute atomic E-state index is 0.0231. The number of alkyl halides is 1. The van der Waals surface area contributed by atoms with E-state index < -0.39 is 31.9 Å². The summed E-state index contributed by atoms with van der Waals surface area (Å²) in [5.41, 5.74) is 1.05. The third kappa shape index (κ3) is 14.7. The number of carbonyl (C=O) groups is 2. The van der Waals surface area contributed by atoms with Crippen molar-refractivity contribution in [3.63, 3.8) is 0 Å². The van der Waals surface area contributed by atoms with Gasteiger partial charge in [-0.2, -0.15) is 5.26 Å². The maximum atomic E-state index is 12.5. The molecule has 2 aliphatic rings. The normalized spacial score (nSPS) is 14.0. The summed E-state index contributed by atoms with van der Waals surface area (Å²) >= 11 is 14.0. The van der Waals surface area contributed by atoms with Crippen molar-refractivity contribution in [1.82, 2.24) is 34.3 Å². The molecule has 4 aromatic heterocycles. The number of aromatic carboxylic acids is 1. The fourth-order valence-electron chi connectivity index (χ4n) is 5.32. The van der Waals surface area contributed by atoms with Crippen LogP contribution >= 0.6 is 45.8 Å². The van der Waals surface area contributed by atoms with E-state index in [0.717, 1.165) is 12.8 Å². The number of carbonyl (C=O) groups excluding carboxylic acids is 1. The van der Waals surface area contributed by atoms with Crippen LogP contribution in [0.5, 0.6) is 11.8 Å². The van der Waals surface area contributed by atoms with E-state index in [1.165, 1.54) is 88.9 Å². The molecule has 2 fully saturated rings. The van der Waals surface area contributed by atoms with Crippen molar-refractivity contribution in [3.05, 3.63) is 136 Å². The number of benzene rings is 2. The number of carboxylic acid groups (broad SMARTS) is 1. The van der Waals surface area contributed by atoms with Gasteiger partial charge in [-0.1, -0.05) is 83.9 Å². The largest absolute Gasteiger partial charge is 0.478 e. The number of hydrogen-bond acceptors (Lipinski definition) is 13. The lowest BCUT2D eigenvalue weighted by molar-refractivity contribution is 0.0696. The molecule has 0 bridgehead atoms. The summed E-state index contributed by atoms with van der Waals surface area (Å²) in [6.07, 6.45) is 7.98.